The van der Waals surface area contributed by atoms with Crippen LogP contribution in [-0.4, -0.2) is 44.3 Å². The third-order valence-electron chi connectivity index (χ3n) is 7.05. The number of aryl methyl sites for hydroxylation is 2. The van der Waals surface area contributed by atoms with E-state index >= 15 is 0 Å². The van der Waals surface area contributed by atoms with E-state index in [1.54, 1.807) is 37.3 Å². The number of hydrogen-bond acceptors (Lipinski definition) is 4. The summed E-state index contributed by atoms with van der Waals surface area (Å²) in [6.07, 6.45) is 2.12. The van der Waals surface area contributed by atoms with E-state index in [1.807, 2.05) is 52.0 Å². The van der Waals surface area contributed by atoms with Gasteiger partial charge in [0.2, 0.25) is 11.8 Å². The van der Waals surface area contributed by atoms with E-state index in [0.717, 1.165) is 33.8 Å². The standard InChI is InChI=1S/C32H40ClN3O4S/c1-6-8-19-34-32(38)29(7-2)35(21-26-12-9-11-24(4)20-26)31(37)22-36(30-14-10-13-28(33)25(30)5)41(39,40)27-17-15-23(3)16-18-27/h9-18,20,29H,6-8,19,21-22H2,1-5H3,(H,34,38). The van der Waals surface area contributed by atoms with Gasteiger partial charge in [-0.25, -0.2) is 8.42 Å². The second kappa shape index (κ2) is 14.5. The summed E-state index contributed by atoms with van der Waals surface area (Å²) in [6.45, 7) is 9.62. The lowest BCUT2D eigenvalue weighted by Crippen LogP contribution is -2.52. The van der Waals surface area contributed by atoms with Gasteiger partial charge in [-0.1, -0.05) is 85.5 Å². The number of anilines is 1. The molecule has 0 aliphatic heterocycles. The van der Waals surface area contributed by atoms with E-state index in [4.69, 9.17) is 11.6 Å². The Hall–Kier alpha value is -3.36. The monoisotopic (exact) mass is 597 g/mol. The second-order valence-corrected chi connectivity index (χ2v) is 12.6. The van der Waals surface area contributed by atoms with E-state index in [9.17, 15) is 18.0 Å². The fraction of sp³-hybridized carbons (Fsp3) is 0.375. The highest BCUT2D eigenvalue weighted by Crippen LogP contribution is 2.31. The normalized spacial score (nSPS) is 12.0. The molecule has 220 valence electrons. The number of benzene rings is 3. The molecule has 0 saturated carbocycles. The van der Waals surface area contributed by atoms with Crippen molar-refractivity contribution >= 4 is 39.1 Å². The van der Waals surface area contributed by atoms with Gasteiger partial charge < -0.3 is 10.2 Å². The number of carbonyl (C=O) groups excluding carboxylic acids is 2. The highest BCUT2D eigenvalue weighted by molar-refractivity contribution is 7.92. The summed E-state index contributed by atoms with van der Waals surface area (Å²) in [5.41, 5.74) is 3.63. The minimum absolute atomic E-state index is 0.0601. The van der Waals surface area contributed by atoms with Crippen LogP contribution >= 0.6 is 11.6 Å². The molecule has 0 aliphatic rings. The zero-order chi connectivity index (χ0) is 30.2. The van der Waals surface area contributed by atoms with Crippen LogP contribution in [0.15, 0.2) is 71.6 Å². The molecular weight excluding hydrogens is 558 g/mol. The van der Waals surface area contributed by atoms with Crippen LogP contribution in [0.3, 0.4) is 0 Å². The zero-order valence-electron chi connectivity index (χ0n) is 24.5. The number of carbonyl (C=O) groups is 2. The molecule has 0 aromatic heterocycles. The Kier molecular flexibility index (Phi) is 11.4. The van der Waals surface area contributed by atoms with Gasteiger partial charge in [0.1, 0.15) is 12.6 Å². The Balaban J connectivity index is 2.08. The van der Waals surface area contributed by atoms with E-state index in [2.05, 4.69) is 5.32 Å². The third kappa shape index (κ3) is 8.11. The Bertz CT molecular complexity index is 1460. The molecule has 1 unspecified atom stereocenters. The molecule has 3 aromatic rings. The highest BCUT2D eigenvalue weighted by atomic mass is 35.5. The molecular formula is C32H40ClN3O4S. The number of halogens is 1. The predicted octanol–water partition coefficient (Wildman–Crippen LogP) is 6.18. The topological polar surface area (TPSA) is 86.8 Å². The van der Waals surface area contributed by atoms with Crippen LogP contribution in [0.5, 0.6) is 0 Å². The Labute approximate surface area is 249 Å². The fourth-order valence-corrected chi connectivity index (χ4v) is 6.29. The number of nitrogens with one attached hydrogen (secondary N) is 1. The predicted molar refractivity (Wildman–Crippen MR) is 166 cm³/mol. The van der Waals surface area contributed by atoms with Crippen LogP contribution in [0.25, 0.3) is 0 Å². The molecule has 41 heavy (non-hydrogen) atoms. The summed E-state index contributed by atoms with van der Waals surface area (Å²) in [7, 11) is -4.16. The summed E-state index contributed by atoms with van der Waals surface area (Å²) >= 11 is 6.40. The first-order chi connectivity index (χ1) is 19.5. The fourth-order valence-electron chi connectivity index (χ4n) is 4.65. The highest BCUT2D eigenvalue weighted by Gasteiger charge is 2.34. The molecule has 3 aromatic carbocycles. The molecule has 0 saturated heterocycles. The van der Waals surface area contributed by atoms with Crippen molar-refractivity contribution in [2.45, 2.75) is 71.4 Å². The van der Waals surface area contributed by atoms with Crippen LogP contribution in [0.1, 0.15) is 55.4 Å². The molecule has 1 N–H and O–H groups in total. The summed E-state index contributed by atoms with van der Waals surface area (Å²) in [5.74, 6) is -0.743. The van der Waals surface area contributed by atoms with Gasteiger partial charge in [-0.05, 0) is 69.0 Å². The van der Waals surface area contributed by atoms with Gasteiger partial charge in [0, 0.05) is 18.1 Å². The van der Waals surface area contributed by atoms with Gasteiger partial charge in [-0.3, -0.25) is 13.9 Å². The number of amides is 2. The molecule has 3 rings (SSSR count). The quantitative estimate of drug-likeness (QED) is 0.238. The van der Waals surface area contributed by atoms with Crippen molar-refractivity contribution in [3.8, 4) is 0 Å². The first-order valence-electron chi connectivity index (χ1n) is 14.0. The van der Waals surface area contributed by atoms with Crippen molar-refractivity contribution < 1.29 is 18.0 Å². The molecule has 9 heteroatoms. The molecule has 0 heterocycles. The Morgan fingerprint density at radius 3 is 2.24 bits per heavy atom. The van der Waals surface area contributed by atoms with Crippen LogP contribution < -0.4 is 9.62 Å². The van der Waals surface area contributed by atoms with E-state index < -0.39 is 28.5 Å². The smallest absolute Gasteiger partial charge is 0.264 e. The van der Waals surface area contributed by atoms with Crippen molar-refractivity contribution in [3.63, 3.8) is 0 Å². The van der Waals surface area contributed by atoms with Crippen LogP contribution in [0.2, 0.25) is 5.02 Å². The lowest BCUT2D eigenvalue weighted by molar-refractivity contribution is -0.140. The van der Waals surface area contributed by atoms with Gasteiger partial charge in [0.05, 0.1) is 10.6 Å². The van der Waals surface area contributed by atoms with Gasteiger partial charge in [0.25, 0.3) is 10.0 Å². The first-order valence-corrected chi connectivity index (χ1v) is 15.8. The third-order valence-corrected chi connectivity index (χ3v) is 9.23. The number of rotatable bonds is 13. The number of unbranched alkanes of at least 4 members (excludes halogenated alkanes) is 1. The molecule has 0 fully saturated rings. The van der Waals surface area contributed by atoms with Crippen LogP contribution in [0.4, 0.5) is 5.69 Å². The van der Waals surface area contributed by atoms with Gasteiger partial charge in [-0.2, -0.15) is 0 Å². The lowest BCUT2D eigenvalue weighted by Gasteiger charge is -2.33. The average Bonchev–Trinajstić information content (AvgIpc) is 2.93. The number of sulfonamides is 1. The summed E-state index contributed by atoms with van der Waals surface area (Å²) in [4.78, 5) is 29.0. The molecule has 0 bridgehead atoms. The molecule has 1 atom stereocenters. The summed E-state index contributed by atoms with van der Waals surface area (Å²) in [5, 5.41) is 3.33. The summed E-state index contributed by atoms with van der Waals surface area (Å²) < 4.78 is 29.2. The SMILES string of the molecule is CCCCNC(=O)C(CC)N(Cc1cccc(C)c1)C(=O)CN(c1cccc(Cl)c1C)S(=O)(=O)c1ccc(C)cc1. The van der Waals surface area contributed by atoms with E-state index in [0.29, 0.717) is 29.2 Å². The van der Waals surface area contributed by atoms with Crippen LogP contribution in [0, 0.1) is 20.8 Å². The maximum atomic E-state index is 14.2. The van der Waals surface area contributed by atoms with Crippen LogP contribution in [-0.2, 0) is 26.2 Å². The minimum atomic E-state index is -4.16. The molecule has 2 amide bonds. The van der Waals surface area contributed by atoms with E-state index in [-0.39, 0.29) is 17.3 Å². The van der Waals surface area contributed by atoms with Crippen molar-refractivity contribution in [1.82, 2.24) is 10.2 Å². The van der Waals surface area contributed by atoms with Crippen molar-refractivity contribution in [1.29, 1.82) is 0 Å². The maximum Gasteiger partial charge on any atom is 0.264 e. The second-order valence-electron chi connectivity index (χ2n) is 10.3. The molecule has 7 nitrogen and oxygen atoms in total. The van der Waals surface area contributed by atoms with Crippen molar-refractivity contribution in [2.75, 3.05) is 17.4 Å². The Morgan fingerprint density at radius 2 is 1.61 bits per heavy atom. The number of hydrogen-bond donors (Lipinski definition) is 1. The molecule has 0 aliphatic carbocycles. The van der Waals surface area contributed by atoms with Gasteiger partial charge in [0.15, 0.2) is 0 Å². The summed E-state index contributed by atoms with van der Waals surface area (Å²) in [6, 6.07) is 18.4. The lowest BCUT2D eigenvalue weighted by atomic mass is 10.1. The van der Waals surface area contributed by atoms with Crippen molar-refractivity contribution in [3.05, 3.63) is 94.0 Å². The van der Waals surface area contributed by atoms with Gasteiger partial charge in [-0.15, -0.1) is 0 Å². The minimum Gasteiger partial charge on any atom is -0.354 e. The first kappa shape index (κ1) is 32.2. The molecule has 0 spiro atoms. The number of nitrogens with zero attached hydrogens (tertiary/aromatic N) is 2. The molecule has 0 radical (unpaired) electrons. The Morgan fingerprint density at radius 1 is 0.927 bits per heavy atom. The van der Waals surface area contributed by atoms with E-state index in [1.165, 1.54) is 17.0 Å². The average molecular weight is 598 g/mol. The largest absolute Gasteiger partial charge is 0.354 e. The maximum absolute atomic E-state index is 14.2. The van der Waals surface area contributed by atoms with Crippen molar-refractivity contribution in [2.24, 2.45) is 0 Å². The van der Waals surface area contributed by atoms with Gasteiger partial charge >= 0.3 is 0 Å². The zero-order valence-corrected chi connectivity index (χ0v) is 26.1.